The van der Waals surface area contributed by atoms with Crippen molar-refractivity contribution in [2.45, 2.75) is 31.7 Å². The Morgan fingerprint density at radius 3 is 2.36 bits per heavy atom. The number of fused-ring (bicyclic) bond motifs is 1. The molecule has 36 heavy (non-hydrogen) atoms. The monoisotopic (exact) mass is 483 g/mol. The Morgan fingerprint density at radius 2 is 1.69 bits per heavy atom. The number of methoxy groups -OCH3 is 1. The number of hydrogen-bond acceptors (Lipinski definition) is 4. The van der Waals surface area contributed by atoms with Crippen LogP contribution in [0.15, 0.2) is 79.0 Å². The van der Waals surface area contributed by atoms with Gasteiger partial charge in [0, 0.05) is 61.2 Å². The molecule has 4 aromatic rings. The van der Waals surface area contributed by atoms with E-state index in [-0.39, 0.29) is 17.5 Å². The Balaban J connectivity index is 1.55. The van der Waals surface area contributed by atoms with Crippen molar-refractivity contribution in [2.75, 3.05) is 20.2 Å². The summed E-state index contributed by atoms with van der Waals surface area (Å²) in [5.41, 5.74) is 4.23. The molecule has 3 aromatic carbocycles. The van der Waals surface area contributed by atoms with Crippen LogP contribution in [0.1, 0.15) is 41.9 Å². The highest BCUT2D eigenvalue weighted by Crippen LogP contribution is 2.36. The maximum atomic E-state index is 13.3. The van der Waals surface area contributed by atoms with Gasteiger partial charge in [-0.2, -0.15) is 0 Å². The quantitative estimate of drug-likeness (QED) is 0.236. The van der Waals surface area contributed by atoms with Gasteiger partial charge in [0.25, 0.3) is 5.69 Å². The van der Waals surface area contributed by atoms with E-state index in [1.165, 1.54) is 12.1 Å². The van der Waals surface area contributed by atoms with E-state index in [9.17, 15) is 14.9 Å². The second kappa shape index (κ2) is 10.2. The highest BCUT2D eigenvalue weighted by Gasteiger charge is 2.27. The molecule has 0 aliphatic carbocycles. The number of ether oxygens (including phenoxy) is 1. The lowest BCUT2D eigenvalue weighted by Crippen LogP contribution is -2.29. The van der Waals surface area contributed by atoms with Crippen molar-refractivity contribution < 1.29 is 14.5 Å². The predicted octanol–water partition coefficient (Wildman–Crippen LogP) is 5.75. The maximum Gasteiger partial charge on any atom is 0.269 e. The van der Waals surface area contributed by atoms with Crippen LogP contribution in [-0.4, -0.2) is 40.5 Å². The molecule has 7 nitrogen and oxygen atoms in total. The topological polar surface area (TPSA) is 77.6 Å². The van der Waals surface area contributed by atoms with E-state index in [2.05, 4.69) is 35.0 Å². The molecule has 0 N–H and O–H groups in total. The number of hydrogen-bond donors (Lipinski definition) is 0. The summed E-state index contributed by atoms with van der Waals surface area (Å²) in [6.07, 6.45) is 4.54. The zero-order chi connectivity index (χ0) is 25.1. The van der Waals surface area contributed by atoms with Crippen LogP contribution >= 0.6 is 0 Å². The van der Waals surface area contributed by atoms with Gasteiger partial charge in [-0.1, -0.05) is 42.5 Å². The summed E-state index contributed by atoms with van der Waals surface area (Å²) in [4.78, 5) is 26.0. The van der Waals surface area contributed by atoms with Crippen LogP contribution in [0, 0.1) is 10.1 Å². The third-order valence-corrected chi connectivity index (χ3v) is 7.05. The Hall–Kier alpha value is -4.13. The van der Waals surface area contributed by atoms with Gasteiger partial charge in [0.2, 0.25) is 5.91 Å². The lowest BCUT2D eigenvalue weighted by atomic mass is 9.87. The molecule has 2 heterocycles. The molecule has 1 fully saturated rings. The lowest BCUT2D eigenvalue weighted by molar-refractivity contribution is -0.384. The molecule has 0 saturated carbocycles. The average molecular weight is 484 g/mol. The van der Waals surface area contributed by atoms with E-state index >= 15 is 0 Å². The minimum atomic E-state index is -0.394. The van der Waals surface area contributed by atoms with E-state index in [0.29, 0.717) is 13.0 Å². The Bertz CT molecular complexity index is 1370. The largest absolute Gasteiger partial charge is 0.497 e. The van der Waals surface area contributed by atoms with E-state index < -0.39 is 4.92 Å². The minimum absolute atomic E-state index is 0.0466. The smallest absolute Gasteiger partial charge is 0.269 e. The fourth-order valence-corrected chi connectivity index (χ4v) is 5.12. The van der Waals surface area contributed by atoms with Crippen molar-refractivity contribution in [1.29, 1.82) is 0 Å². The van der Waals surface area contributed by atoms with E-state index in [1.807, 2.05) is 29.2 Å². The maximum absolute atomic E-state index is 13.3. The minimum Gasteiger partial charge on any atom is -0.497 e. The van der Waals surface area contributed by atoms with Gasteiger partial charge in [-0.25, -0.2) is 0 Å². The Labute approximate surface area is 210 Å². The first-order valence-corrected chi connectivity index (χ1v) is 12.3. The van der Waals surface area contributed by atoms with E-state index in [1.54, 1.807) is 19.2 Å². The van der Waals surface area contributed by atoms with Crippen molar-refractivity contribution in [3.05, 3.63) is 106 Å². The fourth-order valence-electron chi connectivity index (χ4n) is 5.12. The van der Waals surface area contributed by atoms with Crippen LogP contribution < -0.4 is 4.74 Å². The van der Waals surface area contributed by atoms with Crippen LogP contribution in [0.25, 0.3) is 10.9 Å². The number of nitrogens with zero attached hydrogens (tertiary/aromatic N) is 3. The molecule has 1 saturated heterocycles. The number of carbonyl (C=O) groups is 1. The number of likely N-dealkylation sites (tertiary alicyclic amines) is 1. The molecule has 5 rings (SSSR count). The van der Waals surface area contributed by atoms with Crippen molar-refractivity contribution in [3.63, 3.8) is 0 Å². The third-order valence-electron chi connectivity index (χ3n) is 7.05. The van der Waals surface area contributed by atoms with Gasteiger partial charge in [0.1, 0.15) is 5.75 Å². The molecule has 0 radical (unpaired) electrons. The summed E-state index contributed by atoms with van der Waals surface area (Å²) >= 11 is 0. The van der Waals surface area contributed by atoms with Gasteiger partial charge in [0.15, 0.2) is 0 Å². The predicted molar refractivity (Wildman–Crippen MR) is 139 cm³/mol. The highest BCUT2D eigenvalue weighted by atomic mass is 16.6. The van der Waals surface area contributed by atoms with Gasteiger partial charge in [0.05, 0.1) is 12.0 Å². The summed E-state index contributed by atoms with van der Waals surface area (Å²) in [7, 11) is 1.66. The molecule has 0 bridgehead atoms. The van der Waals surface area contributed by atoms with E-state index in [0.717, 1.165) is 59.3 Å². The molecule has 1 atom stereocenters. The van der Waals surface area contributed by atoms with Crippen LogP contribution in [-0.2, 0) is 11.3 Å². The molecule has 1 aliphatic rings. The zero-order valence-corrected chi connectivity index (χ0v) is 20.3. The summed E-state index contributed by atoms with van der Waals surface area (Å²) in [5.74, 6) is 0.735. The molecular formula is C29H29N3O4. The number of amides is 1. The normalized spacial score (nSPS) is 14.2. The molecule has 0 unspecified atom stereocenters. The van der Waals surface area contributed by atoms with Crippen LogP contribution in [0.3, 0.4) is 0 Å². The van der Waals surface area contributed by atoms with Crippen molar-refractivity contribution in [3.8, 4) is 5.75 Å². The van der Waals surface area contributed by atoms with Gasteiger partial charge in [-0.15, -0.1) is 0 Å². The van der Waals surface area contributed by atoms with Crippen molar-refractivity contribution in [2.24, 2.45) is 0 Å². The molecule has 1 amide bonds. The summed E-state index contributed by atoms with van der Waals surface area (Å²) < 4.78 is 7.51. The summed E-state index contributed by atoms with van der Waals surface area (Å²) in [6, 6.07) is 22.9. The van der Waals surface area contributed by atoms with Crippen LogP contribution in [0.4, 0.5) is 5.69 Å². The second-order valence-corrected chi connectivity index (χ2v) is 9.27. The van der Waals surface area contributed by atoms with Crippen LogP contribution in [0.2, 0.25) is 0 Å². The number of non-ortho nitro benzene ring substituents is 1. The number of rotatable bonds is 8. The van der Waals surface area contributed by atoms with Gasteiger partial charge >= 0.3 is 0 Å². The van der Waals surface area contributed by atoms with Crippen LogP contribution in [0.5, 0.6) is 5.75 Å². The number of benzene rings is 3. The van der Waals surface area contributed by atoms with Gasteiger partial charge < -0.3 is 14.2 Å². The average Bonchev–Trinajstić information content (AvgIpc) is 3.57. The van der Waals surface area contributed by atoms with Gasteiger partial charge in [-0.3, -0.25) is 14.9 Å². The van der Waals surface area contributed by atoms with Crippen molar-refractivity contribution in [1.82, 2.24) is 9.47 Å². The Morgan fingerprint density at radius 1 is 1.00 bits per heavy atom. The number of para-hydroxylation sites is 1. The molecule has 184 valence electrons. The SMILES string of the molecule is COc1ccc(Cn2cc([C@H](CC(=O)N3CCCC3)c3ccc([N+](=O)[O-])cc3)c3ccccc32)cc1. The first-order chi connectivity index (χ1) is 17.5. The number of nitro groups is 1. The number of aromatic nitrogens is 1. The standard InChI is InChI=1S/C29H29N3O4/c1-36-24-14-8-21(9-15-24)19-31-20-27(25-6-2-3-7-28(25)31)26(18-29(33)30-16-4-5-17-30)22-10-12-23(13-11-22)32(34)35/h2-3,6-15,20,26H,4-5,16-19H2,1H3/t26-/m1/s1. The lowest BCUT2D eigenvalue weighted by Gasteiger charge is -2.21. The second-order valence-electron chi connectivity index (χ2n) is 9.27. The summed E-state index contributed by atoms with van der Waals surface area (Å²) in [5, 5.41) is 12.3. The molecular weight excluding hydrogens is 454 g/mol. The first-order valence-electron chi connectivity index (χ1n) is 12.3. The molecule has 7 heteroatoms. The fraction of sp³-hybridized carbons (Fsp3) is 0.276. The Kier molecular flexibility index (Phi) is 6.71. The number of nitro benzene ring substituents is 1. The zero-order valence-electron chi connectivity index (χ0n) is 20.3. The molecule has 0 spiro atoms. The third kappa shape index (κ3) is 4.82. The first kappa shape index (κ1) is 23.6. The molecule has 1 aliphatic heterocycles. The molecule has 1 aromatic heterocycles. The van der Waals surface area contributed by atoms with E-state index in [4.69, 9.17) is 4.74 Å². The highest BCUT2D eigenvalue weighted by molar-refractivity contribution is 5.87. The number of carbonyl (C=O) groups excluding carboxylic acids is 1. The van der Waals surface area contributed by atoms with Gasteiger partial charge in [-0.05, 0) is 47.7 Å². The van der Waals surface area contributed by atoms with Crippen molar-refractivity contribution >= 4 is 22.5 Å². The summed E-state index contributed by atoms with van der Waals surface area (Å²) in [6.45, 7) is 2.27.